The molecule has 0 spiro atoms. The number of aliphatic hydroxyl groups excluding tert-OH is 1. The van der Waals surface area contributed by atoms with Gasteiger partial charge in [0.1, 0.15) is 12.4 Å². The minimum atomic E-state index is -0.158. The molecule has 62 valence electrons. The first-order valence-corrected chi connectivity index (χ1v) is 3.63. The fourth-order valence-corrected chi connectivity index (χ4v) is 0.977. The molecule has 0 saturated heterocycles. The molecule has 1 aromatic carbocycles. The maximum atomic E-state index is 9.16. The van der Waals surface area contributed by atoms with Gasteiger partial charge in [0.2, 0.25) is 0 Å². The number of benzene rings is 1. The second-order valence-corrected chi connectivity index (χ2v) is 2.52. The third-order valence-electron chi connectivity index (χ3n) is 1.37. The number of phenols is 1. The minimum absolute atomic E-state index is 0.158. The molecule has 0 atom stereocenters. The molecule has 0 fully saturated rings. The Morgan fingerprint density at radius 3 is 2.67 bits per heavy atom. The zero-order valence-electron chi connectivity index (χ0n) is 6.83. The molecule has 0 aliphatic heterocycles. The third-order valence-corrected chi connectivity index (χ3v) is 1.37. The highest BCUT2D eigenvalue weighted by Crippen LogP contribution is 2.13. The molecule has 1 aromatic rings. The Morgan fingerprint density at radius 1 is 1.33 bits per heavy atom. The molecule has 1 rings (SSSR count). The van der Waals surface area contributed by atoms with E-state index in [-0.39, 0.29) is 12.4 Å². The van der Waals surface area contributed by atoms with E-state index in [4.69, 9.17) is 10.2 Å². The summed E-state index contributed by atoms with van der Waals surface area (Å²) in [5.41, 5.74) is 1.68. The van der Waals surface area contributed by atoms with E-state index < -0.39 is 0 Å². The summed E-state index contributed by atoms with van der Waals surface area (Å²) in [6.07, 6.45) is 0. The van der Waals surface area contributed by atoms with Crippen LogP contribution in [0, 0.1) is 18.8 Å². The molecule has 0 heterocycles. The topological polar surface area (TPSA) is 40.5 Å². The molecule has 0 unspecified atom stereocenters. The molecule has 0 aromatic heterocycles. The molecule has 0 saturated carbocycles. The number of aliphatic hydroxyl groups is 1. The van der Waals surface area contributed by atoms with E-state index in [2.05, 4.69) is 11.8 Å². The lowest BCUT2D eigenvalue weighted by Gasteiger charge is -1.96. The first-order chi connectivity index (χ1) is 5.72. The lowest BCUT2D eigenvalue weighted by molar-refractivity contribution is 0.350. The molecule has 0 aliphatic carbocycles. The minimum Gasteiger partial charge on any atom is -0.508 e. The van der Waals surface area contributed by atoms with E-state index >= 15 is 0 Å². The van der Waals surface area contributed by atoms with Crippen LogP contribution < -0.4 is 0 Å². The number of hydrogen-bond donors (Lipinski definition) is 2. The van der Waals surface area contributed by atoms with E-state index in [0.29, 0.717) is 0 Å². The number of aromatic hydroxyl groups is 1. The van der Waals surface area contributed by atoms with Crippen molar-refractivity contribution in [2.24, 2.45) is 0 Å². The molecular formula is C10H10O2. The summed E-state index contributed by atoms with van der Waals surface area (Å²) < 4.78 is 0. The van der Waals surface area contributed by atoms with Crippen LogP contribution in [-0.4, -0.2) is 16.8 Å². The van der Waals surface area contributed by atoms with E-state index in [9.17, 15) is 0 Å². The Hall–Kier alpha value is -1.46. The summed E-state index contributed by atoms with van der Waals surface area (Å²) >= 11 is 0. The second-order valence-electron chi connectivity index (χ2n) is 2.52. The van der Waals surface area contributed by atoms with Gasteiger partial charge in [-0.15, -0.1) is 0 Å². The van der Waals surface area contributed by atoms with Crippen LogP contribution >= 0.6 is 0 Å². The number of aryl methyl sites for hydroxylation is 1. The smallest absolute Gasteiger partial charge is 0.117 e. The van der Waals surface area contributed by atoms with Crippen LogP contribution in [0.5, 0.6) is 5.75 Å². The summed E-state index contributed by atoms with van der Waals surface area (Å²) in [5.74, 6) is 5.44. The van der Waals surface area contributed by atoms with Crippen molar-refractivity contribution < 1.29 is 10.2 Å². The SMILES string of the molecule is Cc1cc(O)cc(C#CCO)c1. The Labute approximate surface area is 71.5 Å². The van der Waals surface area contributed by atoms with Crippen molar-refractivity contribution in [2.75, 3.05) is 6.61 Å². The summed E-state index contributed by atoms with van der Waals surface area (Å²) in [6, 6.07) is 5.07. The number of phenolic OH excluding ortho intramolecular Hbond substituents is 1. The number of rotatable bonds is 0. The fourth-order valence-electron chi connectivity index (χ4n) is 0.977. The maximum Gasteiger partial charge on any atom is 0.117 e. The van der Waals surface area contributed by atoms with Crippen molar-refractivity contribution in [3.05, 3.63) is 29.3 Å². The van der Waals surface area contributed by atoms with E-state index in [1.807, 2.05) is 13.0 Å². The number of hydrogen-bond acceptors (Lipinski definition) is 2. The van der Waals surface area contributed by atoms with Crippen molar-refractivity contribution >= 4 is 0 Å². The van der Waals surface area contributed by atoms with Gasteiger partial charge in [-0.05, 0) is 30.7 Å². The van der Waals surface area contributed by atoms with Gasteiger partial charge in [0.15, 0.2) is 0 Å². The van der Waals surface area contributed by atoms with Crippen molar-refractivity contribution in [1.29, 1.82) is 0 Å². The van der Waals surface area contributed by atoms with Crippen LogP contribution in [0.1, 0.15) is 11.1 Å². The van der Waals surface area contributed by atoms with Crippen molar-refractivity contribution in [3.8, 4) is 17.6 Å². The lowest BCUT2D eigenvalue weighted by Crippen LogP contribution is -1.79. The predicted molar refractivity (Wildman–Crippen MR) is 46.8 cm³/mol. The summed E-state index contributed by atoms with van der Waals surface area (Å²) in [4.78, 5) is 0. The standard InChI is InChI=1S/C10H10O2/c1-8-5-9(3-2-4-11)7-10(12)6-8/h5-7,11-12H,4H2,1H3. The highest BCUT2D eigenvalue weighted by Gasteiger charge is 1.92. The van der Waals surface area contributed by atoms with Crippen molar-refractivity contribution in [3.63, 3.8) is 0 Å². The maximum absolute atomic E-state index is 9.16. The van der Waals surface area contributed by atoms with Gasteiger partial charge in [-0.2, -0.15) is 0 Å². The van der Waals surface area contributed by atoms with Crippen LogP contribution in [0.3, 0.4) is 0 Å². The summed E-state index contributed by atoms with van der Waals surface area (Å²) in [7, 11) is 0. The van der Waals surface area contributed by atoms with Gasteiger partial charge in [-0.25, -0.2) is 0 Å². The van der Waals surface area contributed by atoms with Crippen molar-refractivity contribution in [2.45, 2.75) is 6.92 Å². The first-order valence-electron chi connectivity index (χ1n) is 3.63. The van der Waals surface area contributed by atoms with E-state index in [0.717, 1.165) is 11.1 Å². The van der Waals surface area contributed by atoms with E-state index in [1.165, 1.54) is 0 Å². The van der Waals surface area contributed by atoms with Crippen LogP contribution in [0.15, 0.2) is 18.2 Å². The Morgan fingerprint density at radius 2 is 2.08 bits per heavy atom. The van der Waals surface area contributed by atoms with Crippen molar-refractivity contribution in [1.82, 2.24) is 0 Å². The second kappa shape index (κ2) is 3.80. The largest absolute Gasteiger partial charge is 0.508 e. The Balaban J connectivity index is 3.01. The molecule has 2 N–H and O–H groups in total. The predicted octanol–water partition coefficient (Wildman–Crippen LogP) is 1.04. The average molecular weight is 162 g/mol. The zero-order chi connectivity index (χ0) is 8.97. The first kappa shape index (κ1) is 8.63. The molecule has 2 heteroatoms. The zero-order valence-corrected chi connectivity index (χ0v) is 6.83. The highest BCUT2D eigenvalue weighted by molar-refractivity contribution is 5.42. The molecule has 0 aliphatic rings. The van der Waals surface area contributed by atoms with Crippen LogP contribution in [0.4, 0.5) is 0 Å². The molecule has 2 nitrogen and oxygen atoms in total. The highest BCUT2D eigenvalue weighted by atomic mass is 16.3. The summed E-state index contributed by atoms with van der Waals surface area (Å²) in [5, 5.41) is 17.6. The third kappa shape index (κ3) is 2.30. The fraction of sp³-hybridized carbons (Fsp3) is 0.200. The average Bonchev–Trinajstić information content (AvgIpc) is 1.99. The normalized spacial score (nSPS) is 8.83. The Kier molecular flexibility index (Phi) is 2.73. The monoisotopic (exact) mass is 162 g/mol. The van der Waals surface area contributed by atoms with Gasteiger partial charge in [0.25, 0.3) is 0 Å². The molecule has 12 heavy (non-hydrogen) atoms. The Bertz CT molecular complexity index is 311. The van der Waals surface area contributed by atoms with Gasteiger partial charge in [0.05, 0.1) is 0 Å². The molecule has 0 bridgehead atoms. The van der Waals surface area contributed by atoms with Crippen LogP contribution in [-0.2, 0) is 0 Å². The lowest BCUT2D eigenvalue weighted by atomic mass is 10.1. The molecular weight excluding hydrogens is 152 g/mol. The van der Waals surface area contributed by atoms with Gasteiger partial charge in [-0.1, -0.05) is 11.8 Å². The van der Waals surface area contributed by atoms with Crippen LogP contribution in [0.25, 0.3) is 0 Å². The molecule has 0 radical (unpaired) electrons. The summed E-state index contributed by atoms with van der Waals surface area (Å²) in [6.45, 7) is 1.72. The van der Waals surface area contributed by atoms with Gasteiger partial charge in [0, 0.05) is 5.56 Å². The van der Waals surface area contributed by atoms with Gasteiger partial charge in [-0.3, -0.25) is 0 Å². The van der Waals surface area contributed by atoms with Gasteiger partial charge < -0.3 is 10.2 Å². The van der Waals surface area contributed by atoms with Gasteiger partial charge >= 0.3 is 0 Å². The van der Waals surface area contributed by atoms with E-state index in [1.54, 1.807) is 12.1 Å². The van der Waals surface area contributed by atoms with Crippen LogP contribution in [0.2, 0.25) is 0 Å². The quantitative estimate of drug-likeness (QED) is 0.560. The molecule has 0 amide bonds.